The predicted molar refractivity (Wildman–Crippen MR) is 90.9 cm³/mol. The molecule has 1 unspecified atom stereocenters. The van der Waals surface area contributed by atoms with E-state index in [-0.39, 0.29) is 11.5 Å². The van der Waals surface area contributed by atoms with Gasteiger partial charge in [0.05, 0.1) is 23.1 Å². The number of nitrogens with zero attached hydrogens (tertiary/aromatic N) is 4. The summed E-state index contributed by atoms with van der Waals surface area (Å²) < 4.78 is 0. The van der Waals surface area contributed by atoms with E-state index in [4.69, 9.17) is 5.11 Å². The molecular formula is C18H20N4O3. The third-order valence-corrected chi connectivity index (χ3v) is 4.43. The van der Waals surface area contributed by atoms with Crippen LogP contribution in [0.2, 0.25) is 0 Å². The number of amides is 1. The van der Waals surface area contributed by atoms with Gasteiger partial charge in [-0.2, -0.15) is 0 Å². The summed E-state index contributed by atoms with van der Waals surface area (Å²) in [5.41, 5.74) is 2.19. The van der Waals surface area contributed by atoms with E-state index in [2.05, 4.69) is 15.0 Å². The summed E-state index contributed by atoms with van der Waals surface area (Å²) >= 11 is 0. The smallest absolute Gasteiger partial charge is 0.337 e. The molecule has 1 fully saturated rings. The van der Waals surface area contributed by atoms with Gasteiger partial charge in [0.25, 0.3) is 0 Å². The van der Waals surface area contributed by atoms with Crippen molar-refractivity contribution in [2.75, 3.05) is 13.1 Å². The average molecular weight is 340 g/mol. The van der Waals surface area contributed by atoms with Gasteiger partial charge in [-0.15, -0.1) is 0 Å². The van der Waals surface area contributed by atoms with Gasteiger partial charge in [-0.3, -0.25) is 14.8 Å². The maximum atomic E-state index is 11.6. The maximum Gasteiger partial charge on any atom is 0.337 e. The number of carboxylic acids is 1. The molecule has 1 N–H and O–H groups in total. The lowest BCUT2D eigenvalue weighted by Crippen LogP contribution is -2.39. The van der Waals surface area contributed by atoms with Gasteiger partial charge in [0.1, 0.15) is 0 Å². The van der Waals surface area contributed by atoms with Gasteiger partial charge < -0.3 is 10.0 Å². The van der Waals surface area contributed by atoms with Crippen molar-refractivity contribution in [2.24, 2.45) is 5.92 Å². The monoisotopic (exact) mass is 340 g/mol. The first-order chi connectivity index (χ1) is 12.0. The first-order valence-corrected chi connectivity index (χ1v) is 8.28. The van der Waals surface area contributed by atoms with Gasteiger partial charge >= 0.3 is 5.97 Å². The molecule has 1 atom stereocenters. The van der Waals surface area contributed by atoms with Crippen LogP contribution < -0.4 is 0 Å². The lowest BCUT2D eigenvalue weighted by atomic mass is 9.93. The third kappa shape index (κ3) is 4.17. The Bertz CT molecular complexity index is 793. The van der Waals surface area contributed by atoms with Crippen molar-refractivity contribution in [1.82, 2.24) is 19.9 Å². The van der Waals surface area contributed by atoms with Gasteiger partial charge in [0, 0.05) is 44.2 Å². The molecule has 25 heavy (non-hydrogen) atoms. The van der Waals surface area contributed by atoms with E-state index in [0.717, 1.165) is 38.0 Å². The molecule has 1 amide bonds. The fraction of sp³-hybridized carbons (Fsp3) is 0.389. The fourth-order valence-electron chi connectivity index (χ4n) is 3.15. The molecule has 0 aliphatic carbocycles. The molecule has 1 saturated heterocycles. The third-order valence-electron chi connectivity index (χ3n) is 4.43. The number of likely N-dealkylation sites (tertiary alicyclic amines) is 1. The van der Waals surface area contributed by atoms with E-state index in [1.54, 1.807) is 31.6 Å². The number of carboxylic acid groups (broad SMARTS) is 1. The van der Waals surface area contributed by atoms with Crippen LogP contribution in [0.5, 0.6) is 0 Å². The first kappa shape index (κ1) is 17.0. The summed E-state index contributed by atoms with van der Waals surface area (Å²) in [4.78, 5) is 37.3. The second-order valence-corrected chi connectivity index (χ2v) is 6.34. The van der Waals surface area contributed by atoms with Crippen molar-refractivity contribution in [2.45, 2.75) is 26.2 Å². The molecule has 2 aromatic heterocycles. The number of hydrogen-bond donors (Lipinski definition) is 1. The van der Waals surface area contributed by atoms with Crippen LogP contribution in [0.3, 0.4) is 0 Å². The van der Waals surface area contributed by atoms with Crippen molar-refractivity contribution in [3.8, 4) is 11.3 Å². The molecule has 1 aliphatic heterocycles. The minimum atomic E-state index is -1.02. The number of aromatic nitrogens is 3. The Hall–Kier alpha value is -2.83. The number of piperidine rings is 1. The highest BCUT2D eigenvalue weighted by Crippen LogP contribution is 2.22. The lowest BCUT2D eigenvalue weighted by molar-refractivity contribution is -0.130. The molecule has 7 heteroatoms. The van der Waals surface area contributed by atoms with Gasteiger partial charge in [-0.25, -0.2) is 9.78 Å². The van der Waals surface area contributed by atoms with Crippen molar-refractivity contribution in [3.05, 3.63) is 42.1 Å². The standard InChI is InChI=1S/C18H20N4O3/c1-12(23)22-4-2-3-13(11-22)5-16-9-20-10-17(21-16)14-6-15(18(24)25)8-19-7-14/h6-10,13H,2-5,11H2,1H3,(H,24,25). The van der Waals surface area contributed by atoms with Crippen LogP contribution in [0.4, 0.5) is 0 Å². The normalized spacial score (nSPS) is 17.3. The van der Waals surface area contributed by atoms with Gasteiger partial charge in [0.2, 0.25) is 5.91 Å². The Morgan fingerprint density at radius 2 is 2.04 bits per heavy atom. The summed E-state index contributed by atoms with van der Waals surface area (Å²) in [6.07, 6.45) is 9.03. The number of carbonyl (C=O) groups excluding carboxylic acids is 1. The summed E-state index contributed by atoms with van der Waals surface area (Å²) in [6, 6.07) is 1.54. The van der Waals surface area contributed by atoms with Crippen LogP contribution >= 0.6 is 0 Å². The maximum absolute atomic E-state index is 11.6. The van der Waals surface area contributed by atoms with E-state index < -0.39 is 5.97 Å². The summed E-state index contributed by atoms with van der Waals surface area (Å²) in [5, 5.41) is 9.09. The van der Waals surface area contributed by atoms with E-state index in [1.165, 1.54) is 6.20 Å². The molecule has 1 aliphatic rings. The Labute approximate surface area is 145 Å². The highest BCUT2D eigenvalue weighted by Gasteiger charge is 2.22. The SMILES string of the molecule is CC(=O)N1CCCC(Cc2cncc(-c3cncc(C(=O)O)c3)n2)C1. The Morgan fingerprint density at radius 1 is 1.24 bits per heavy atom. The Kier molecular flexibility index (Phi) is 5.02. The van der Waals surface area contributed by atoms with Crippen LogP contribution in [0.1, 0.15) is 35.8 Å². The summed E-state index contributed by atoms with van der Waals surface area (Å²) in [7, 11) is 0. The average Bonchev–Trinajstić information content (AvgIpc) is 2.62. The molecular weight excluding hydrogens is 320 g/mol. The van der Waals surface area contributed by atoms with Crippen LogP contribution in [0, 0.1) is 5.92 Å². The number of carbonyl (C=O) groups is 2. The molecule has 2 aromatic rings. The van der Waals surface area contributed by atoms with Crippen molar-refractivity contribution < 1.29 is 14.7 Å². The topological polar surface area (TPSA) is 96.3 Å². The van der Waals surface area contributed by atoms with Crippen LogP contribution in [-0.4, -0.2) is 49.9 Å². The summed E-state index contributed by atoms with van der Waals surface area (Å²) in [5.74, 6) is -0.545. The highest BCUT2D eigenvalue weighted by atomic mass is 16.4. The quantitative estimate of drug-likeness (QED) is 0.915. The molecule has 0 aromatic carbocycles. The number of hydrogen-bond acceptors (Lipinski definition) is 5. The van der Waals surface area contributed by atoms with Crippen LogP contribution in [-0.2, 0) is 11.2 Å². The Morgan fingerprint density at radius 3 is 2.80 bits per heavy atom. The largest absolute Gasteiger partial charge is 0.478 e. The van der Waals surface area contributed by atoms with Crippen LogP contribution in [0.15, 0.2) is 30.9 Å². The highest BCUT2D eigenvalue weighted by molar-refractivity contribution is 5.88. The number of aromatic carboxylic acids is 1. The zero-order valence-corrected chi connectivity index (χ0v) is 14.1. The zero-order valence-electron chi connectivity index (χ0n) is 14.1. The predicted octanol–water partition coefficient (Wildman–Crippen LogP) is 2.04. The second kappa shape index (κ2) is 7.38. The number of rotatable bonds is 4. The first-order valence-electron chi connectivity index (χ1n) is 8.28. The molecule has 130 valence electrons. The Balaban J connectivity index is 1.77. The van der Waals surface area contributed by atoms with Crippen molar-refractivity contribution in [3.63, 3.8) is 0 Å². The van der Waals surface area contributed by atoms with Gasteiger partial charge in [0.15, 0.2) is 0 Å². The minimum Gasteiger partial charge on any atom is -0.478 e. The van der Waals surface area contributed by atoms with E-state index in [1.807, 2.05) is 4.90 Å². The lowest BCUT2D eigenvalue weighted by Gasteiger charge is -2.31. The zero-order chi connectivity index (χ0) is 17.8. The second-order valence-electron chi connectivity index (χ2n) is 6.34. The molecule has 0 saturated carbocycles. The molecule has 7 nitrogen and oxygen atoms in total. The molecule has 0 spiro atoms. The van der Waals surface area contributed by atoms with Crippen LogP contribution in [0.25, 0.3) is 11.3 Å². The van der Waals surface area contributed by atoms with Crippen molar-refractivity contribution in [1.29, 1.82) is 0 Å². The number of pyridine rings is 1. The molecule has 0 radical (unpaired) electrons. The van der Waals surface area contributed by atoms with Gasteiger partial charge in [-0.05, 0) is 31.2 Å². The van der Waals surface area contributed by atoms with Gasteiger partial charge in [-0.1, -0.05) is 0 Å². The van der Waals surface area contributed by atoms with E-state index in [0.29, 0.717) is 17.2 Å². The minimum absolute atomic E-state index is 0.112. The molecule has 3 rings (SSSR count). The summed E-state index contributed by atoms with van der Waals surface area (Å²) in [6.45, 7) is 3.17. The van der Waals surface area contributed by atoms with E-state index >= 15 is 0 Å². The molecule has 3 heterocycles. The van der Waals surface area contributed by atoms with Crippen molar-refractivity contribution >= 4 is 11.9 Å². The fourth-order valence-corrected chi connectivity index (χ4v) is 3.15. The van der Waals surface area contributed by atoms with E-state index in [9.17, 15) is 9.59 Å². The molecule has 0 bridgehead atoms.